The highest BCUT2D eigenvalue weighted by Gasteiger charge is 2.44. The van der Waals surface area contributed by atoms with Crippen molar-refractivity contribution in [1.82, 2.24) is 5.32 Å². The predicted octanol–water partition coefficient (Wildman–Crippen LogP) is 12.3. The molecular formula is C58H103NO10. The molecule has 1 heterocycles. The van der Waals surface area contributed by atoms with Crippen LogP contribution in [0.5, 0.6) is 0 Å². The first kappa shape index (κ1) is 64.4. The fourth-order valence-corrected chi connectivity index (χ4v) is 8.32. The first-order valence-electron chi connectivity index (χ1n) is 28.1. The number of hydrogen-bond acceptors (Lipinski definition) is 10. The van der Waals surface area contributed by atoms with E-state index < -0.39 is 49.5 Å². The number of aliphatic hydroxyl groups is 5. The molecule has 1 fully saturated rings. The number of aliphatic hydroxyl groups excluding tert-OH is 5. The van der Waals surface area contributed by atoms with Crippen LogP contribution in [0.4, 0.5) is 0 Å². The van der Waals surface area contributed by atoms with Crippen LogP contribution in [0.2, 0.25) is 0 Å². The average Bonchev–Trinajstić information content (AvgIpc) is 3.34. The molecule has 0 spiro atoms. The predicted molar refractivity (Wildman–Crippen MR) is 283 cm³/mol. The van der Waals surface area contributed by atoms with Gasteiger partial charge in [0.1, 0.15) is 24.4 Å². The van der Waals surface area contributed by atoms with Gasteiger partial charge in [0.15, 0.2) is 6.29 Å². The van der Waals surface area contributed by atoms with E-state index in [4.69, 9.17) is 14.2 Å². The Kier molecular flexibility index (Phi) is 44.5. The number of allylic oxidation sites excluding steroid dienone is 9. The Bertz CT molecular complexity index is 1330. The van der Waals surface area contributed by atoms with E-state index in [0.717, 1.165) is 103 Å². The van der Waals surface area contributed by atoms with Gasteiger partial charge < -0.3 is 45.1 Å². The lowest BCUT2D eigenvalue weighted by molar-refractivity contribution is -0.302. The molecule has 1 rings (SSSR count). The van der Waals surface area contributed by atoms with Crippen molar-refractivity contribution in [2.45, 2.75) is 275 Å². The smallest absolute Gasteiger partial charge is 0.305 e. The van der Waals surface area contributed by atoms with Gasteiger partial charge in [-0.15, -0.1) is 0 Å². The van der Waals surface area contributed by atoms with Gasteiger partial charge in [-0.25, -0.2) is 0 Å². The first-order valence-corrected chi connectivity index (χ1v) is 28.1. The summed E-state index contributed by atoms with van der Waals surface area (Å²) in [7, 11) is 0. The molecule has 0 aliphatic carbocycles. The number of hydrogen-bond donors (Lipinski definition) is 6. The molecule has 0 radical (unpaired) electrons. The molecule has 7 unspecified atom stereocenters. The summed E-state index contributed by atoms with van der Waals surface area (Å²) in [6.07, 6.45) is 50.1. The Labute approximate surface area is 420 Å². The van der Waals surface area contributed by atoms with Crippen molar-refractivity contribution in [2.75, 3.05) is 19.8 Å². The number of rotatable bonds is 47. The van der Waals surface area contributed by atoms with Gasteiger partial charge in [-0.2, -0.15) is 0 Å². The third kappa shape index (κ3) is 37.8. The minimum atomic E-state index is -1.59. The van der Waals surface area contributed by atoms with E-state index in [1.165, 1.54) is 103 Å². The van der Waals surface area contributed by atoms with Crippen molar-refractivity contribution in [3.05, 3.63) is 60.8 Å². The van der Waals surface area contributed by atoms with E-state index in [1.54, 1.807) is 6.08 Å². The minimum absolute atomic E-state index is 0.0528. The third-order valence-electron chi connectivity index (χ3n) is 12.9. The van der Waals surface area contributed by atoms with Crippen LogP contribution >= 0.6 is 0 Å². The molecule has 0 aromatic carbocycles. The zero-order valence-corrected chi connectivity index (χ0v) is 43.8. The van der Waals surface area contributed by atoms with Crippen molar-refractivity contribution in [2.24, 2.45) is 0 Å². The summed E-state index contributed by atoms with van der Waals surface area (Å²) in [5.41, 5.74) is 0. The summed E-state index contributed by atoms with van der Waals surface area (Å²) < 4.78 is 16.6. The van der Waals surface area contributed by atoms with E-state index in [1.807, 2.05) is 6.08 Å². The van der Waals surface area contributed by atoms with Crippen LogP contribution in [-0.4, -0.2) is 100 Å². The molecule has 0 saturated carbocycles. The Balaban J connectivity index is 2.22. The highest BCUT2D eigenvalue weighted by atomic mass is 16.7. The molecule has 1 aliphatic heterocycles. The first-order chi connectivity index (χ1) is 33.7. The lowest BCUT2D eigenvalue weighted by atomic mass is 9.99. The van der Waals surface area contributed by atoms with Gasteiger partial charge in [0, 0.05) is 12.8 Å². The zero-order chi connectivity index (χ0) is 50.3. The number of esters is 1. The number of ether oxygens (including phenoxy) is 3. The Morgan fingerprint density at radius 1 is 0.536 bits per heavy atom. The van der Waals surface area contributed by atoms with Crippen LogP contribution in [0.3, 0.4) is 0 Å². The molecule has 11 nitrogen and oxygen atoms in total. The zero-order valence-electron chi connectivity index (χ0n) is 43.8. The fraction of sp³-hybridized carbons (Fsp3) is 0.793. The van der Waals surface area contributed by atoms with E-state index in [2.05, 4.69) is 67.8 Å². The second kappa shape index (κ2) is 47.7. The minimum Gasteiger partial charge on any atom is -0.466 e. The summed E-state index contributed by atoms with van der Waals surface area (Å²) >= 11 is 0. The van der Waals surface area contributed by atoms with Crippen molar-refractivity contribution >= 4 is 11.9 Å². The molecular weight excluding hydrogens is 871 g/mol. The largest absolute Gasteiger partial charge is 0.466 e. The van der Waals surface area contributed by atoms with Crippen molar-refractivity contribution in [1.29, 1.82) is 0 Å². The van der Waals surface area contributed by atoms with Crippen LogP contribution in [0.1, 0.15) is 232 Å². The van der Waals surface area contributed by atoms with Gasteiger partial charge in [0.25, 0.3) is 0 Å². The number of unbranched alkanes of at least 4 members (excludes halogenated alkanes) is 26. The molecule has 6 N–H and O–H groups in total. The van der Waals surface area contributed by atoms with Crippen LogP contribution in [0.25, 0.3) is 0 Å². The van der Waals surface area contributed by atoms with Crippen LogP contribution in [0.15, 0.2) is 60.8 Å². The molecule has 0 aromatic heterocycles. The number of carbonyl (C=O) groups is 2. The summed E-state index contributed by atoms with van der Waals surface area (Å²) in [6.45, 7) is 4.21. The van der Waals surface area contributed by atoms with Gasteiger partial charge in [-0.05, 0) is 103 Å². The van der Waals surface area contributed by atoms with E-state index >= 15 is 0 Å². The summed E-state index contributed by atoms with van der Waals surface area (Å²) in [5, 5.41) is 54.3. The molecule has 69 heavy (non-hydrogen) atoms. The molecule has 1 saturated heterocycles. The highest BCUT2D eigenvalue weighted by molar-refractivity contribution is 5.76. The topological polar surface area (TPSA) is 175 Å². The highest BCUT2D eigenvalue weighted by Crippen LogP contribution is 2.23. The van der Waals surface area contributed by atoms with Gasteiger partial charge in [-0.1, -0.05) is 177 Å². The summed E-state index contributed by atoms with van der Waals surface area (Å²) in [6, 6.07) is -0.845. The lowest BCUT2D eigenvalue weighted by Gasteiger charge is -2.40. The second-order valence-corrected chi connectivity index (χ2v) is 19.3. The van der Waals surface area contributed by atoms with E-state index in [9.17, 15) is 35.1 Å². The fourth-order valence-electron chi connectivity index (χ4n) is 8.32. The molecule has 1 amide bonds. The van der Waals surface area contributed by atoms with Crippen LogP contribution in [-0.2, 0) is 23.8 Å². The maximum absolute atomic E-state index is 13.0. The number of carbonyl (C=O) groups excluding carboxylic acids is 2. The molecule has 1 aliphatic rings. The Morgan fingerprint density at radius 2 is 0.986 bits per heavy atom. The monoisotopic (exact) mass is 974 g/mol. The van der Waals surface area contributed by atoms with Crippen molar-refractivity contribution in [3.63, 3.8) is 0 Å². The standard InChI is InChI=1S/C58H103NO10/c1-3-5-7-9-11-13-15-17-21-24-28-32-36-40-44-51(61)50(49-68-58-57(66)56(65)55(64)52(48-60)69-58)59-53(62)45-41-37-33-29-25-22-19-18-20-23-27-31-35-39-43-47-67-54(63)46-42-38-34-30-26-16-14-12-10-8-6-4-2/h12,14,18,20,23-24,27-28,40,44,50-52,55-58,60-61,64-66H,3-11,13,15-17,19,21-22,25-26,29-39,41-43,45-49H2,1-2H3,(H,59,62)/b14-12-,20-18-,27-23-,28-24+,44-40+. The van der Waals surface area contributed by atoms with E-state index in [-0.39, 0.29) is 18.5 Å². The average molecular weight is 974 g/mol. The molecule has 0 aromatic rings. The molecule has 400 valence electrons. The maximum atomic E-state index is 13.0. The van der Waals surface area contributed by atoms with Crippen LogP contribution in [0, 0.1) is 0 Å². The van der Waals surface area contributed by atoms with Crippen molar-refractivity contribution < 1.29 is 49.3 Å². The van der Waals surface area contributed by atoms with Crippen LogP contribution < -0.4 is 5.32 Å². The van der Waals surface area contributed by atoms with Gasteiger partial charge >= 0.3 is 5.97 Å². The van der Waals surface area contributed by atoms with Gasteiger partial charge in [0.2, 0.25) is 5.91 Å². The normalized spacial score (nSPS) is 19.8. The van der Waals surface area contributed by atoms with E-state index in [0.29, 0.717) is 19.4 Å². The Hall–Kier alpha value is -2.64. The van der Waals surface area contributed by atoms with Gasteiger partial charge in [0.05, 0.1) is 32.0 Å². The molecule has 7 atom stereocenters. The van der Waals surface area contributed by atoms with Crippen molar-refractivity contribution in [3.8, 4) is 0 Å². The third-order valence-corrected chi connectivity index (χ3v) is 12.9. The lowest BCUT2D eigenvalue weighted by Crippen LogP contribution is -2.60. The number of nitrogens with one attached hydrogen (secondary N) is 1. The number of amides is 1. The quantitative estimate of drug-likeness (QED) is 0.0149. The SMILES string of the molecule is CCCCC/C=C\CCCCCCCC(=O)OCCCCC/C=C\C=C/CCCCCCCCC(=O)NC(COC1OC(CO)C(O)C(O)C1O)C(O)/C=C/CC/C=C/CCCCCCCCCC. The maximum Gasteiger partial charge on any atom is 0.305 e. The summed E-state index contributed by atoms with van der Waals surface area (Å²) in [5.74, 6) is -0.269. The molecule has 11 heteroatoms. The Morgan fingerprint density at radius 3 is 1.55 bits per heavy atom. The van der Waals surface area contributed by atoms with Gasteiger partial charge in [-0.3, -0.25) is 9.59 Å². The second-order valence-electron chi connectivity index (χ2n) is 19.3. The summed E-state index contributed by atoms with van der Waals surface area (Å²) in [4.78, 5) is 25.0. The molecule has 0 bridgehead atoms.